The third-order valence-electron chi connectivity index (χ3n) is 3.80. The van der Waals surface area contributed by atoms with Crippen LogP contribution in [-0.2, 0) is 4.74 Å². The highest BCUT2D eigenvalue weighted by Gasteiger charge is 2.25. The van der Waals surface area contributed by atoms with Gasteiger partial charge in [-0.15, -0.1) is 0 Å². The molecule has 0 aromatic heterocycles. The van der Waals surface area contributed by atoms with Crippen molar-refractivity contribution in [2.75, 3.05) is 11.9 Å². The minimum Gasteiger partial charge on any atom is -0.462 e. The number of carbonyl (C=O) groups excluding carboxylic acids is 2. The average molecular weight is 387 g/mol. The molecule has 10 nitrogen and oxygen atoms in total. The summed E-state index contributed by atoms with van der Waals surface area (Å²) in [5, 5.41) is 24.7. The molecule has 1 N–H and O–H groups in total. The molecule has 10 heteroatoms. The van der Waals surface area contributed by atoms with Crippen molar-refractivity contribution in [2.45, 2.75) is 20.3 Å². The molecular weight excluding hydrogens is 370 g/mol. The van der Waals surface area contributed by atoms with Crippen LogP contribution in [0.1, 0.15) is 39.6 Å². The molecule has 0 radical (unpaired) electrons. The smallest absolute Gasteiger partial charge is 0.338 e. The molecule has 1 amide bonds. The van der Waals surface area contributed by atoms with Gasteiger partial charge in [-0.2, -0.15) is 0 Å². The van der Waals surface area contributed by atoms with E-state index < -0.39 is 33.1 Å². The Morgan fingerprint density at radius 3 is 2.18 bits per heavy atom. The lowest BCUT2D eigenvalue weighted by Gasteiger charge is -2.08. The second-order valence-corrected chi connectivity index (χ2v) is 5.82. The van der Waals surface area contributed by atoms with Crippen LogP contribution in [0, 0.1) is 27.2 Å². The Bertz CT molecular complexity index is 921. The molecule has 0 fully saturated rings. The number of anilines is 1. The van der Waals surface area contributed by atoms with E-state index in [4.69, 9.17) is 4.74 Å². The highest BCUT2D eigenvalue weighted by Crippen LogP contribution is 2.29. The minimum atomic E-state index is -0.788. The number of nitro benzene ring substituents is 2. The zero-order chi connectivity index (χ0) is 20.8. The second kappa shape index (κ2) is 8.71. The minimum absolute atomic E-state index is 0.146. The molecule has 0 saturated carbocycles. The fraction of sp³-hybridized carbons (Fsp3) is 0.222. The molecule has 0 saturated heterocycles. The van der Waals surface area contributed by atoms with Crippen LogP contribution in [0.3, 0.4) is 0 Å². The molecule has 0 aliphatic heterocycles. The number of amides is 1. The summed E-state index contributed by atoms with van der Waals surface area (Å²) in [5.74, 6) is -1.34. The van der Waals surface area contributed by atoms with E-state index in [2.05, 4.69) is 5.32 Å². The van der Waals surface area contributed by atoms with Gasteiger partial charge >= 0.3 is 5.97 Å². The van der Waals surface area contributed by atoms with Gasteiger partial charge in [0.15, 0.2) is 0 Å². The molecule has 0 heterocycles. The lowest BCUT2D eigenvalue weighted by atomic mass is 10.1. The summed E-state index contributed by atoms with van der Waals surface area (Å²) in [6, 6.07) is 7.86. The van der Waals surface area contributed by atoms with Crippen molar-refractivity contribution < 1.29 is 24.2 Å². The summed E-state index contributed by atoms with van der Waals surface area (Å²) < 4.78 is 5.02. The number of carbonyl (C=O) groups is 2. The van der Waals surface area contributed by atoms with Crippen molar-refractivity contribution in [2.24, 2.45) is 0 Å². The summed E-state index contributed by atoms with van der Waals surface area (Å²) in [7, 11) is 0. The molecule has 2 aromatic carbocycles. The zero-order valence-electron chi connectivity index (χ0n) is 15.1. The quantitative estimate of drug-likeness (QED) is 0.434. The summed E-state index contributed by atoms with van der Waals surface area (Å²) in [4.78, 5) is 45.1. The van der Waals surface area contributed by atoms with Crippen molar-refractivity contribution in [3.63, 3.8) is 0 Å². The lowest BCUT2D eigenvalue weighted by molar-refractivity contribution is -0.395. The van der Waals surface area contributed by atoms with E-state index in [1.807, 2.05) is 6.92 Å². The van der Waals surface area contributed by atoms with Crippen LogP contribution in [0.25, 0.3) is 0 Å². The van der Waals surface area contributed by atoms with E-state index in [0.29, 0.717) is 6.42 Å². The molecule has 0 spiro atoms. The largest absolute Gasteiger partial charge is 0.462 e. The summed E-state index contributed by atoms with van der Waals surface area (Å²) >= 11 is 0. The molecule has 28 heavy (non-hydrogen) atoms. The fourth-order valence-electron chi connectivity index (χ4n) is 2.40. The normalized spacial score (nSPS) is 10.2. The maximum Gasteiger partial charge on any atom is 0.338 e. The molecule has 2 aromatic rings. The molecule has 0 atom stereocenters. The number of nitrogens with one attached hydrogen (secondary N) is 1. The van der Waals surface area contributed by atoms with E-state index in [-0.39, 0.29) is 29.0 Å². The summed E-state index contributed by atoms with van der Waals surface area (Å²) in [5.41, 5.74) is -1.00. The van der Waals surface area contributed by atoms with Crippen molar-refractivity contribution in [1.82, 2.24) is 0 Å². The highest BCUT2D eigenvalue weighted by atomic mass is 16.6. The fourth-order valence-corrected chi connectivity index (χ4v) is 2.40. The number of benzene rings is 2. The molecule has 2 rings (SSSR count). The molecule has 0 aliphatic carbocycles. The first-order valence-electron chi connectivity index (χ1n) is 8.26. The first kappa shape index (κ1) is 20.5. The van der Waals surface area contributed by atoms with E-state index in [1.165, 1.54) is 31.2 Å². The Morgan fingerprint density at radius 1 is 1.04 bits per heavy atom. The van der Waals surface area contributed by atoms with Crippen LogP contribution >= 0.6 is 0 Å². The number of nitrogens with zero attached hydrogens (tertiary/aromatic N) is 2. The second-order valence-electron chi connectivity index (χ2n) is 5.82. The Kier molecular flexibility index (Phi) is 6.38. The third kappa shape index (κ3) is 4.67. The van der Waals surface area contributed by atoms with Crippen molar-refractivity contribution in [3.05, 3.63) is 73.3 Å². The number of ether oxygens (including phenoxy) is 1. The third-order valence-corrected chi connectivity index (χ3v) is 3.80. The predicted molar refractivity (Wildman–Crippen MR) is 99.5 cm³/mol. The lowest BCUT2D eigenvalue weighted by Crippen LogP contribution is -2.14. The SMILES string of the molecule is CCCOC(=O)c1cccc(NC(=O)c2cc([N+](=O)[O-])c(C)c([N+](=O)[O-])c2)c1. The first-order valence-corrected chi connectivity index (χ1v) is 8.26. The zero-order valence-corrected chi connectivity index (χ0v) is 15.1. The Hall–Kier alpha value is -3.82. The molecule has 0 aliphatic rings. The highest BCUT2D eigenvalue weighted by molar-refractivity contribution is 6.05. The summed E-state index contributed by atoms with van der Waals surface area (Å²) in [6.45, 7) is 3.35. The van der Waals surface area contributed by atoms with Gasteiger partial charge in [0.1, 0.15) is 5.56 Å². The number of nitro groups is 2. The van der Waals surface area contributed by atoms with Gasteiger partial charge < -0.3 is 10.1 Å². The van der Waals surface area contributed by atoms with E-state index in [1.54, 1.807) is 0 Å². The van der Waals surface area contributed by atoms with Crippen LogP contribution in [0.15, 0.2) is 36.4 Å². The predicted octanol–water partition coefficient (Wildman–Crippen LogP) is 3.63. The van der Waals surface area contributed by atoms with Gasteiger partial charge in [0.05, 0.1) is 27.6 Å². The van der Waals surface area contributed by atoms with Gasteiger partial charge in [-0.25, -0.2) is 4.79 Å². The standard InChI is InChI=1S/C18H17N3O7/c1-3-7-28-18(23)12-5-4-6-14(8-12)19-17(22)13-9-15(20(24)25)11(2)16(10-13)21(26)27/h4-6,8-10H,3,7H2,1-2H3,(H,19,22). The number of hydrogen-bond acceptors (Lipinski definition) is 7. The van der Waals surface area contributed by atoms with Crippen molar-refractivity contribution in [1.29, 1.82) is 0 Å². The van der Waals surface area contributed by atoms with Crippen molar-refractivity contribution in [3.8, 4) is 0 Å². The number of hydrogen-bond donors (Lipinski definition) is 1. The molecule has 0 bridgehead atoms. The number of esters is 1. The van der Waals surface area contributed by atoms with Gasteiger partial charge in [-0.1, -0.05) is 13.0 Å². The van der Waals surface area contributed by atoms with Crippen LogP contribution in [0.5, 0.6) is 0 Å². The maximum absolute atomic E-state index is 12.5. The van der Waals surface area contributed by atoms with Gasteiger partial charge in [0, 0.05) is 17.8 Å². The van der Waals surface area contributed by atoms with Gasteiger partial charge in [-0.3, -0.25) is 25.0 Å². The first-order chi connectivity index (χ1) is 13.2. The van der Waals surface area contributed by atoms with Crippen LogP contribution in [0.4, 0.5) is 17.1 Å². The van der Waals surface area contributed by atoms with Crippen LogP contribution in [0.2, 0.25) is 0 Å². The van der Waals surface area contributed by atoms with Gasteiger partial charge in [-0.05, 0) is 31.5 Å². The van der Waals surface area contributed by atoms with Gasteiger partial charge in [0.25, 0.3) is 17.3 Å². The van der Waals surface area contributed by atoms with Crippen LogP contribution < -0.4 is 5.32 Å². The van der Waals surface area contributed by atoms with E-state index in [0.717, 1.165) is 12.1 Å². The van der Waals surface area contributed by atoms with Crippen LogP contribution in [-0.4, -0.2) is 28.3 Å². The molecule has 0 unspecified atom stereocenters. The number of rotatable bonds is 7. The topological polar surface area (TPSA) is 142 Å². The van der Waals surface area contributed by atoms with Crippen molar-refractivity contribution >= 4 is 28.9 Å². The Balaban J connectivity index is 2.31. The monoisotopic (exact) mass is 387 g/mol. The van der Waals surface area contributed by atoms with Gasteiger partial charge in [0.2, 0.25) is 0 Å². The maximum atomic E-state index is 12.5. The molecule has 146 valence electrons. The Morgan fingerprint density at radius 2 is 1.64 bits per heavy atom. The van der Waals surface area contributed by atoms with E-state index >= 15 is 0 Å². The summed E-state index contributed by atoms with van der Waals surface area (Å²) in [6.07, 6.45) is 0.660. The molecular formula is C18H17N3O7. The Labute approximate surface area is 159 Å². The van der Waals surface area contributed by atoms with E-state index in [9.17, 15) is 29.8 Å². The average Bonchev–Trinajstić information content (AvgIpc) is 2.65.